The van der Waals surface area contributed by atoms with Gasteiger partial charge >= 0.3 is 5.69 Å². The van der Waals surface area contributed by atoms with Crippen LogP contribution in [-0.4, -0.2) is 42.2 Å². The number of aliphatic hydroxyl groups is 1. The zero-order chi connectivity index (χ0) is 14.2. The number of sulfone groups is 1. The van der Waals surface area contributed by atoms with Crippen molar-refractivity contribution < 1.29 is 23.2 Å². The number of aliphatic hydroxyl groups excluding tert-OH is 1. The molecule has 1 N–H and O–H groups in total. The predicted octanol–water partition coefficient (Wildman–Crippen LogP) is 0.440. The molecule has 0 bridgehead atoms. The molecule has 1 heterocycles. The third-order valence-corrected chi connectivity index (χ3v) is 4.55. The summed E-state index contributed by atoms with van der Waals surface area (Å²) in [6.07, 6.45) is -2.13. The van der Waals surface area contributed by atoms with Gasteiger partial charge in [0, 0.05) is 6.07 Å². The Morgan fingerprint density at radius 1 is 1.42 bits per heavy atom. The molecule has 0 aromatic heterocycles. The second-order valence-electron chi connectivity index (χ2n) is 4.53. The van der Waals surface area contributed by atoms with Gasteiger partial charge in [0.1, 0.15) is 12.2 Å². The molecule has 1 saturated heterocycles. The summed E-state index contributed by atoms with van der Waals surface area (Å²) < 4.78 is 28.0. The molecule has 1 aromatic rings. The highest BCUT2D eigenvalue weighted by molar-refractivity contribution is 7.91. The summed E-state index contributed by atoms with van der Waals surface area (Å²) in [4.78, 5) is 10.3. The van der Waals surface area contributed by atoms with Crippen LogP contribution in [0, 0.1) is 17.0 Å². The van der Waals surface area contributed by atoms with Crippen LogP contribution in [-0.2, 0) is 9.84 Å². The Morgan fingerprint density at radius 2 is 2.11 bits per heavy atom. The predicted molar refractivity (Wildman–Crippen MR) is 66.9 cm³/mol. The van der Waals surface area contributed by atoms with E-state index in [1.54, 1.807) is 13.0 Å². The Morgan fingerprint density at radius 3 is 2.63 bits per heavy atom. The number of nitro benzene ring substituents is 1. The first-order valence-electron chi connectivity index (χ1n) is 5.59. The van der Waals surface area contributed by atoms with Gasteiger partial charge in [0.15, 0.2) is 15.6 Å². The highest BCUT2D eigenvalue weighted by Crippen LogP contribution is 2.30. The number of aryl methyl sites for hydroxylation is 1. The van der Waals surface area contributed by atoms with Crippen molar-refractivity contribution in [2.24, 2.45) is 0 Å². The van der Waals surface area contributed by atoms with E-state index in [1.165, 1.54) is 12.1 Å². The van der Waals surface area contributed by atoms with Crippen LogP contribution in [0.5, 0.6) is 5.75 Å². The number of ether oxygens (including phenoxy) is 1. The van der Waals surface area contributed by atoms with E-state index in [2.05, 4.69) is 0 Å². The number of nitro groups is 1. The van der Waals surface area contributed by atoms with Gasteiger partial charge in [-0.2, -0.15) is 0 Å². The lowest BCUT2D eigenvalue weighted by atomic mass is 10.2. The fourth-order valence-electron chi connectivity index (χ4n) is 1.94. The molecule has 1 aliphatic heterocycles. The number of hydrogen-bond acceptors (Lipinski definition) is 6. The van der Waals surface area contributed by atoms with E-state index in [-0.39, 0.29) is 22.9 Å². The SMILES string of the molecule is Cc1ccc([N+](=O)[O-])c(OC2CS(=O)(=O)CC2O)c1. The van der Waals surface area contributed by atoms with Gasteiger partial charge in [-0.1, -0.05) is 6.07 Å². The average Bonchev–Trinajstić information content (AvgIpc) is 2.51. The van der Waals surface area contributed by atoms with E-state index in [0.717, 1.165) is 5.56 Å². The van der Waals surface area contributed by atoms with Gasteiger partial charge in [0.05, 0.1) is 16.4 Å². The van der Waals surface area contributed by atoms with Crippen molar-refractivity contribution >= 4 is 15.5 Å². The standard InChI is InChI=1S/C11H13NO6S/c1-7-2-3-8(12(14)15)10(4-7)18-11-6-19(16,17)5-9(11)13/h2-4,9,11,13H,5-6H2,1H3. The Labute approximate surface area is 109 Å². The molecule has 0 radical (unpaired) electrons. The maximum Gasteiger partial charge on any atom is 0.310 e. The van der Waals surface area contributed by atoms with Gasteiger partial charge in [-0.3, -0.25) is 10.1 Å². The molecular weight excluding hydrogens is 274 g/mol. The van der Waals surface area contributed by atoms with E-state index < -0.39 is 27.0 Å². The number of nitrogens with zero attached hydrogens (tertiary/aromatic N) is 1. The van der Waals surface area contributed by atoms with Crippen molar-refractivity contribution in [3.8, 4) is 5.75 Å². The first kappa shape index (κ1) is 13.8. The van der Waals surface area contributed by atoms with Gasteiger partial charge in [0.25, 0.3) is 0 Å². The zero-order valence-corrected chi connectivity index (χ0v) is 11.0. The fourth-order valence-corrected chi connectivity index (χ4v) is 3.60. The third kappa shape index (κ3) is 3.02. The number of hydrogen-bond donors (Lipinski definition) is 1. The van der Waals surface area contributed by atoms with E-state index >= 15 is 0 Å². The molecule has 1 fully saturated rings. The molecule has 8 heteroatoms. The minimum absolute atomic E-state index is 0.0221. The summed E-state index contributed by atoms with van der Waals surface area (Å²) in [7, 11) is -3.35. The van der Waals surface area contributed by atoms with E-state index in [1.807, 2.05) is 0 Å². The minimum atomic E-state index is -3.35. The van der Waals surface area contributed by atoms with E-state index in [4.69, 9.17) is 4.74 Å². The van der Waals surface area contributed by atoms with Crippen LogP contribution in [0.1, 0.15) is 5.56 Å². The van der Waals surface area contributed by atoms with Crippen molar-refractivity contribution in [1.29, 1.82) is 0 Å². The van der Waals surface area contributed by atoms with Crippen molar-refractivity contribution in [3.05, 3.63) is 33.9 Å². The largest absolute Gasteiger partial charge is 0.480 e. The van der Waals surface area contributed by atoms with Gasteiger partial charge in [-0.25, -0.2) is 8.42 Å². The first-order chi connectivity index (χ1) is 8.78. The summed E-state index contributed by atoms with van der Waals surface area (Å²) in [6, 6.07) is 4.31. The lowest BCUT2D eigenvalue weighted by Gasteiger charge is -2.15. The van der Waals surface area contributed by atoms with Crippen molar-refractivity contribution in [2.45, 2.75) is 19.1 Å². The third-order valence-electron chi connectivity index (χ3n) is 2.86. The summed E-state index contributed by atoms with van der Waals surface area (Å²) in [5, 5.41) is 20.5. The van der Waals surface area contributed by atoms with Crippen LogP contribution >= 0.6 is 0 Å². The molecule has 2 atom stereocenters. The lowest BCUT2D eigenvalue weighted by molar-refractivity contribution is -0.386. The van der Waals surface area contributed by atoms with E-state index in [0.29, 0.717) is 0 Å². The molecule has 2 rings (SSSR count). The zero-order valence-electron chi connectivity index (χ0n) is 10.1. The maximum atomic E-state index is 11.4. The van der Waals surface area contributed by atoms with Crippen LogP contribution in [0.2, 0.25) is 0 Å². The minimum Gasteiger partial charge on any atom is -0.480 e. The Balaban J connectivity index is 2.29. The molecule has 2 unspecified atom stereocenters. The summed E-state index contributed by atoms with van der Waals surface area (Å²) in [5.41, 5.74) is 0.498. The van der Waals surface area contributed by atoms with Crippen LogP contribution in [0.4, 0.5) is 5.69 Å². The second-order valence-corrected chi connectivity index (χ2v) is 6.68. The highest BCUT2D eigenvalue weighted by atomic mass is 32.2. The van der Waals surface area contributed by atoms with Gasteiger partial charge in [-0.05, 0) is 18.6 Å². The first-order valence-corrected chi connectivity index (χ1v) is 7.41. The molecule has 1 aromatic carbocycles. The molecule has 0 amide bonds. The Hall–Kier alpha value is -1.67. The average molecular weight is 287 g/mol. The van der Waals surface area contributed by atoms with Crippen molar-refractivity contribution in [3.63, 3.8) is 0 Å². The molecule has 104 valence electrons. The fraction of sp³-hybridized carbons (Fsp3) is 0.455. The van der Waals surface area contributed by atoms with Crippen LogP contribution in [0.3, 0.4) is 0 Å². The summed E-state index contributed by atoms with van der Waals surface area (Å²) >= 11 is 0. The molecule has 1 aliphatic rings. The van der Waals surface area contributed by atoms with Crippen LogP contribution < -0.4 is 4.74 Å². The van der Waals surface area contributed by atoms with Crippen LogP contribution in [0.15, 0.2) is 18.2 Å². The smallest absolute Gasteiger partial charge is 0.310 e. The van der Waals surface area contributed by atoms with Crippen molar-refractivity contribution in [1.82, 2.24) is 0 Å². The quantitative estimate of drug-likeness (QED) is 0.638. The topological polar surface area (TPSA) is 107 Å². The monoisotopic (exact) mass is 287 g/mol. The van der Waals surface area contributed by atoms with Gasteiger partial charge < -0.3 is 9.84 Å². The molecular formula is C11H13NO6S. The summed E-state index contributed by atoms with van der Waals surface area (Å²) in [6.45, 7) is 1.73. The molecule has 19 heavy (non-hydrogen) atoms. The lowest BCUT2D eigenvalue weighted by Crippen LogP contribution is -2.30. The Kier molecular flexibility index (Phi) is 3.46. The van der Waals surface area contributed by atoms with Gasteiger partial charge in [0.2, 0.25) is 0 Å². The van der Waals surface area contributed by atoms with Crippen molar-refractivity contribution in [2.75, 3.05) is 11.5 Å². The Bertz CT molecular complexity index is 612. The molecule has 7 nitrogen and oxygen atoms in total. The number of benzene rings is 1. The summed E-state index contributed by atoms with van der Waals surface area (Å²) in [5.74, 6) is -0.734. The molecule has 0 saturated carbocycles. The van der Waals surface area contributed by atoms with Crippen LogP contribution in [0.25, 0.3) is 0 Å². The highest BCUT2D eigenvalue weighted by Gasteiger charge is 2.39. The maximum absolute atomic E-state index is 11.4. The van der Waals surface area contributed by atoms with E-state index in [9.17, 15) is 23.6 Å². The van der Waals surface area contributed by atoms with Gasteiger partial charge in [-0.15, -0.1) is 0 Å². The normalized spacial score (nSPS) is 25.2. The number of rotatable bonds is 3. The second kappa shape index (κ2) is 4.78. The molecule has 0 aliphatic carbocycles. The molecule has 0 spiro atoms.